The summed E-state index contributed by atoms with van der Waals surface area (Å²) in [5.74, 6) is -0.321. The molecule has 1 aliphatic rings. The Morgan fingerprint density at radius 2 is 2.05 bits per heavy atom. The third-order valence-electron chi connectivity index (χ3n) is 3.18. The molecule has 0 N–H and O–H groups in total. The van der Waals surface area contributed by atoms with Crippen LogP contribution in [0.2, 0.25) is 0 Å². The molecule has 2 rings (SSSR count). The third kappa shape index (κ3) is 4.52. The molecule has 0 aromatic heterocycles. The fraction of sp³-hybridized carbons (Fsp3) is 0.562. The lowest BCUT2D eigenvalue weighted by atomic mass is 10.0. The molecule has 0 amide bonds. The van der Waals surface area contributed by atoms with Crippen molar-refractivity contribution in [2.45, 2.75) is 32.7 Å². The van der Waals surface area contributed by atoms with E-state index in [9.17, 15) is 4.79 Å². The number of carbonyl (C=O) groups excluding carboxylic acids is 1. The molecule has 1 aromatic rings. The summed E-state index contributed by atoms with van der Waals surface area (Å²) < 4.78 is 21.5. The van der Waals surface area contributed by atoms with Gasteiger partial charge in [0.25, 0.3) is 0 Å². The highest BCUT2D eigenvalue weighted by Crippen LogP contribution is 2.24. The van der Waals surface area contributed by atoms with Crippen LogP contribution < -0.4 is 0 Å². The molecule has 1 saturated heterocycles. The summed E-state index contributed by atoms with van der Waals surface area (Å²) in [6, 6.07) is 7.84. The molecule has 1 atom stereocenters. The quantitative estimate of drug-likeness (QED) is 0.722. The van der Waals surface area contributed by atoms with Crippen LogP contribution in [0.3, 0.4) is 0 Å². The van der Waals surface area contributed by atoms with E-state index in [1.807, 2.05) is 31.2 Å². The van der Waals surface area contributed by atoms with Gasteiger partial charge in [0.1, 0.15) is 0 Å². The van der Waals surface area contributed by atoms with E-state index in [1.165, 1.54) is 0 Å². The first kappa shape index (κ1) is 15.9. The van der Waals surface area contributed by atoms with Gasteiger partial charge in [0.05, 0.1) is 19.8 Å². The van der Waals surface area contributed by atoms with Gasteiger partial charge in [-0.05, 0) is 19.4 Å². The van der Waals surface area contributed by atoms with Crippen LogP contribution in [0, 0.1) is 0 Å². The van der Waals surface area contributed by atoms with Gasteiger partial charge >= 0.3 is 5.97 Å². The first-order valence-electron chi connectivity index (χ1n) is 7.34. The molecule has 0 bridgehead atoms. The lowest BCUT2D eigenvalue weighted by Gasteiger charge is -2.16. The lowest BCUT2D eigenvalue weighted by molar-refractivity contribution is -0.156. The topological polar surface area (TPSA) is 54.0 Å². The van der Waals surface area contributed by atoms with Crippen molar-refractivity contribution in [1.82, 2.24) is 0 Å². The molecule has 1 unspecified atom stereocenters. The average molecular weight is 294 g/mol. The molecular formula is C16H22O5. The van der Waals surface area contributed by atoms with E-state index >= 15 is 0 Å². The predicted octanol–water partition coefficient (Wildman–Crippen LogP) is 2.24. The number of hydrogen-bond donors (Lipinski definition) is 0. The van der Waals surface area contributed by atoms with Gasteiger partial charge in [-0.2, -0.15) is 0 Å². The van der Waals surface area contributed by atoms with E-state index in [1.54, 1.807) is 6.92 Å². The summed E-state index contributed by atoms with van der Waals surface area (Å²) in [6.07, 6.45) is -0.401. The van der Waals surface area contributed by atoms with Gasteiger partial charge in [0.15, 0.2) is 12.4 Å². The molecule has 1 aliphatic heterocycles. The molecule has 0 aliphatic carbocycles. The second-order valence-electron chi connectivity index (χ2n) is 4.72. The fourth-order valence-electron chi connectivity index (χ4n) is 2.28. The van der Waals surface area contributed by atoms with E-state index < -0.39 is 6.10 Å². The van der Waals surface area contributed by atoms with Crippen molar-refractivity contribution >= 4 is 5.97 Å². The Bertz CT molecular complexity index is 454. The van der Waals surface area contributed by atoms with Crippen molar-refractivity contribution in [1.29, 1.82) is 0 Å². The van der Waals surface area contributed by atoms with E-state index in [0.29, 0.717) is 32.8 Å². The van der Waals surface area contributed by atoms with E-state index in [2.05, 4.69) is 0 Å². The van der Waals surface area contributed by atoms with Crippen molar-refractivity contribution in [3.8, 4) is 0 Å². The molecular weight excluding hydrogens is 272 g/mol. The predicted molar refractivity (Wildman–Crippen MR) is 76.8 cm³/mol. The van der Waals surface area contributed by atoms with Gasteiger partial charge in [-0.3, -0.25) is 0 Å². The highest BCUT2D eigenvalue weighted by atomic mass is 16.7. The molecule has 116 valence electrons. The smallest absolute Gasteiger partial charge is 0.335 e. The lowest BCUT2D eigenvalue weighted by Crippen LogP contribution is -2.29. The Labute approximate surface area is 125 Å². The van der Waals surface area contributed by atoms with Gasteiger partial charge in [-0.25, -0.2) is 4.79 Å². The summed E-state index contributed by atoms with van der Waals surface area (Å²) in [5.41, 5.74) is 1.96. The maximum absolute atomic E-state index is 11.9. The standard InChI is InChI=1S/C16H22O5/c1-3-18-14(15(17)19-4-2)11-12-6-5-7-13(10-12)16-20-8-9-21-16/h5-7,10,14,16H,3-4,8-9,11H2,1-2H3. The van der Waals surface area contributed by atoms with Crippen LogP contribution in [-0.2, 0) is 30.2 Å². The minimum Gasteiger partial charge on any atom is -0.464 e. The van der Waals surface area contributed by atoms with E-state index in [0.717, 1.165) is 11.1 Å². The molecule has 5 heteroatoms. The number of carbonyl (C=O) groups is 1. The molecule has 1 aromatic carbocycles. The van der Waals surface area contributed by atoms with Crippen LogP contribution >= 0.6 is 0 Å². The van der Waals surface area contributed by atoms with Crippen LogP contribution in [0.15, 0.2) is 24.3 Å². The second kappa shape index (κ2) is 8.12. The van der Waals surface area contributed by atoms with Gasteiger partial charge in [-0.15, -0.1) is 0 Å². The van der Waals surface area contributed by atoms with Crippen LogP contribution in [0.1, 0.15) is 31.3 Å². The third-order valence-corrected chi connectivity index (χ3v) is 3.18. The second-order valence-corrected chi connectivity index (χ2v) is 4.72. The minimum absolute atomic E-state index is 0.307. The Morgan fingerprint density at radius 1 is 1.29 bits per heavy atom. The highest BCUT2D eigenvalue weighted by Gasteiger charge is 2.22. The Hall–Kier alpha value is -1.43. The number of ether oxygens (including phenoxy) is 4. The zero-order valence-electron chi connectivity index (χ0n) is 12.5. The van der Waals surface area contributed by atoms with Crippen LogP contribution in [-0.4, -0.2) is 38.5 Å². The highest BCUT2D eigenvalue weighted by molar-refractivity contribution is 5.75. The maximum Gasteiger partial charge on any atom is 0.335 e. The molecule has 1 fully saturated rings. The Kier molecular flexibility index (Phi) is 6.17. The molecule has 0 spiro atoms. The van der Waals surface area contributed by atoms with Gasteiger partial charge < -0.3 is 18.9 Å². The van der Waals surface area contributed by atoms with Crippen molar-refractivity contribution in [2.24, 2.45) is 0 Å². The van der Waals surface area contributed by atoms with Crippen molar-refractivity contribution in [2.75, 3.05) is 26.4 Å². The van der Waals surface area contributed by atoms with Crippen LogP contribution in [0.25, 0.3) is 0 Å². The molecule has 21 heavy (non-hydrogen) atoms. The Morgan fingerprint density at radius 3 is 2.71 bits per heavy atom. The molecule has 5 nitrogen and oxygen atoms in total. The zero-order chi connectivity index (χ0) is 15.1. The SMILES string of the molecule is CCOC(=O)C(Cc1cccc(C2OCCO2)c1)OCC. The Balaban J connectivity index is 2.05. The summed E-state index contributed by atoms with van der Waals surface area (Å²) >= 11 is 0. The van der Waals surface area contributed by atoms with Crippen molar-refractivity contribution in [3.05, 3.63) is 35.4 Å². The van der Waals surface area contributed by atoms with Crippen LogP contribution in [0.4, 0.5) is 0 Å². The minimum atomic E-state index is -0.574. The summed E-state index contributed by atoms with van der Waals surface area (Å²) in [6.45, 7) is 5.70. The molecule has 1 heterocycles. The molecule has 0 saturated carbocycles. The normalized spacial score (nSPS) is 16.9. The monoisotopic (exact) mass is 294 g/mol. The van der Waals surface area contributed by atoms with Gasteiger partial charge in [0, 0.05) is 18.6 Å². The number of esters is 1. The average Bonchev–Trinajstić information content (AvgIpc) is 3.02. The van der Waals surface area contributed by atoms with E-state index in [4.69, 9.17) is 18.9 Å². The van der Waals surface area contributed by atoms with Crippen molar-refractivity contribution in [3.63, 3.8) is 0 Å². The first-order valence-corrected chi connectivity index (χ1v) is 7.34. The summed E-state index contributed by atoms with van der Waals surface area (Å²) in [5, 5.41) is 0. The van der Waals surface area contributed by atoms with Gasteiger partial charge in [-0.1, -0.05) is 24.3 Å². The van der Waals surface area contributed by atoms with E-state index in [-0.39, 0.29) is 12.3 Å². The molecule has 0 radical (unpaired) electrons. The van der Waals surface area contributed by atoms with Gasteiger partial charge in [0.2, 0.25) is 0 Å². The first-order chi connectivity index (χ1) is 10.2. The maximum atomic E-state index is 11.9. The van der Waals surface area contributed by atoms with Crippen molar-refractivity contribution < 1.29 is 23.7 Å². The number of rotatable bonds is 7. The number of benzene rings is 1. The summed E-state index contributed by atoms with van der Waals surface area (Å²) in [7, 11) is 0. The zero-order valence-corrected chi connectivity index (χ0v) is 12.5. The largest absolute Gasteiger partial charge is 0.464 e. The summed E-state index contributed by atoms with van der Waals surface area (Å²) in [4.78, 5) is 11.9. The van der Waals surface area contributed by atoms with Crippen LogP contribution in [0.5, 0.6) is 0 Å². The fourth-order valence-corrected chi connectivity index (χ4v) is 2.28. The number of hydrogen-bond acceptors (Lipinski definition) is 5.